The molecule has 2 aromatic carbocycles. The maximum absolute atomic E-state index is 12.4. The highest BCUT2D eigenvalue weighted by molar-refractivity contribution is 7.98. The molecule has 0 saturated carbocycles. The summed E-state index contributed by atoms with van der Waals surface area (Å²) >= 11 is 13.5. The van der Waals surface area contributed by atoms with Gasteiger partial charge in [0.1, 0.15) is 5.82 Å². The van der Waals surface area contributed by atoms with Crippen LogP contribution in [0.1, 0.15) is 36.5 Å². The van der Waals surface area contributed by atoms with Crippen LogP contribution in [0.2, 0.25) is 10.0 Å². The number of carbonyl (C=O) groups excluding carboxylic acids is 1. The smallest absolute Gasteiger partial charge is 0.274 e. The molecule has 0 saturated heterocycles. The Hall–Kier alpha value is -3.74. The molecule has 0 fully saturated rings. The van der Waals surface area contributed by atoms with E-state index in [4.69, 9.17) is 23.2 Å². The van der Waals surface area contributed by atoms with Gasteiger partial charge in [0.25, 0.3) is 5.56 Å². The molecule has 1 N–H and O–H groups in total. The van der Waals surface area contributed by atoms with E-state index in [0.717, 1.165) is 34.2 Å². The molecule has 3 aromatic heterocycles. The van der Waals surface area contributed by atoms with Crippen molar-refractivity contribution in [1.29, 1.82) is 0 Å². The van der Waals surface area contributed by atoms with Gasteiger partial charge in [-0.15, -0.1) is 15.3 Å². The first-order chi connectivity index (χ1) is 19.8. The lowest BCUT2D eigenvalue weighted by atomic mass is 10.1. The van der Waals surface area contributed by atoms with E-state index in [1.165, 1.54) is 16.4 Å². The zero-order chi connectivity index (χ0) is 28.9. The summed E-state index contributed by atoms with van der Waals surface area (Å²) in [5, 5.41) is 27.6. The van der Waals surface area contributed by atoms with E-state index >= 15 is 0 Å². The van der Waals surface area contributed by atoms with Crippen LogP contribution in [0.15, 0.2) is 58.6 Å². The molecule has 0 aliphatic rings. The number of anilines is 1. The van der Waals surface area contributed by atoms with Crippen LogP contribution in [0.4, 0.5) is 5.69 Å². The van der Waals surface area contributed by atoms with Crippen molar-refractivity contribution < 1.29 is 4.79 Å². The molecule has 0 radical (unpaired) electrons. The largest absolute Gasteiger partial charge is 0.325 e. The first-order valence-corrected chi connectivity index (χ1v) is 14.6. The number of thioether (sulfide) groups is 1. The quantitative estimate of drug-likeness (QED) is 0.169. The molecule has 11 nitrogen and oxygen atoms in total. The molecular formula is C27H27Cl2N9O2S. The Morgan fingerprint density at radius 2 is 1.83 bits per heavy atom. The van der Waals surface area contributed by atoms with Crippen molar-refractivity contribution in [3.05, 3.63) is 86.3 Å². The van der Waals surface area contributed by atoms with Crippen LogP contribution >= 0.6 is 35.0 Å². The number of benzene rings is 2. The van der Waals surface area contributed by atoms with Crippen molar-refractivity contribution in [3.8, 4) is 0 Å². The third-order valence-corrected chi connectivity index (χ3v) is 8.07. The SMILES string of the molecule is Cn1c(Cc2nn(C)c(=O)c3ccccc23)nnc1SCc1cn(CCCCC(=O)Nc2ccc(Cl)cc2Cl)nn1. The zero-order valence-corrected chi connectivity index (χ0v) is 24.7. The fourth-order valence-electron chi connectivity index (χ4n) is 4.30. The number of unbranched alkanes of at least 4 members (excludes halogenated alkanes) is 1. The van der Waals surface area contributed by atoms with Gasteiger partial charge in [0.2, 0.25) is 5.91 Å². The molecule has 212 valence electrons. The molecule has 5 rings (SSSR count). The van der Waals surface area contributed by atoms with E-state index in [-0.39, 0.29) is 11.5 Å². The Morgan fingerprint density at radius 1 is 1.02 bits per heavy atom. The summed E-state index contributed by atoms with van der Waals surface area (Å²) in [4.78, 5) is 24.7. The molecule has 14 heteroatoms. The highest BCUT2D eigenvalue weighted by Crippen LogP contribution is 2.26. The number of halogens is 2. The van der Waals surface area contributed by atoms with Crippen LogP contribution in [0.3, 0.4) is 0 Å². The van der Waals surface area contributed by atoms with E-state index in [9.17, 15) is 9.59 Å². The Kier molecular flexibility index (Phi) is 9.01. The van der Waals surface area contributed by atoms with E-state index in [2.05, 4.69) is 30.9 Å². The second-order valence-electron chi connectivity index (χ2n) is 9.45. The number of nitrogens with zero attached hydrogens (tertiary/aromatic N) is 8. The number of aryl methyl sites for hydroxylation is 2. The second kappa shape index (κ2) is 12.8. The minimum absolute atomic E-state index is 0.103. The van der Waals surface area contributed by atoms with Crippen LogP contribution in [0, 0.1) is 0 Å². The fraction of sp³-hybridized carbons (Fsp3) is 0.296. The van der Waals surface area contributed by atoms with Crippen LogP contribution in [0.5, 0.6) is 0 Å². The number of fused-ring (bicyclic) bond motifs is 1. The standard InChI is InChI=1S/C27H27Cl2N9O2S/c1-36-24(14-23-19-7-3-4-8-20(19)26(40)37(2)34-23)32-33-27(36)41-16-18-15-38(35-31-18)12-6-5-9-25(39)30-22-11-10-17(28)13-21(22)29/h3-4,7-8,10-11,13,15H,5-6,9,12,14,16H2,1-2H3,(H,30,39). The molecule has 0 atom stereocenters. The average Bonchev–Trinajstić information content (AvgIpc) is 3.56. The highest BCUT2D eigenvalue weighted by Gasteiger charge is 2.15. The number of carbonyl (C=O) groups is 1. The van der Waals surface area contributed by atoms with E-state index in [0.29, 0.717) is 52.7 Å². The molecule has 0 bridgehead atoms. The number of amides is 1. The van der Waals surface area contributed by atoms with Gasteiger partial charge in [-0.1, -0.05) is 58.4 Å². The van der Waals surface area contributed by atoms with Crippen LogP contribution < -0.4 is 10.9 Å². The van der Waals surface area contributed by atoms with Gasteiger partial charge in [-0.3, -0.25) is 14.3 Å². The molecule has 0 spiro atoms. The lowest BCUT2D eigenvalue weighted by Gasteiger charge is -2.08. The van der Waals surface area contributed by atoms with Gasteiger partial charge in [-0.25, -0.2) is 4.68 Å². The van der Waals surface area contributed by atoms with Gasteiger partial charge in [0.05, 0.1) is 33.9 Å². The van der Waals surface area contributed by atoms with Crippen molar-refractivity contribution in [2.24, 2.45) is 14.1 Å². The van der Waals surface area contributed by atoms with Crippen molar-refractivity contribution in [2.75, 3.05) is 5.32 Å². The number of rotatable bonds is 11. The van der Waals surface area contributed by atoms with Crippen LogP contribution in [0.25, 0.3) is 10.8 Å². The Morgan fingerprint density at radius 3 is 2.63 bits per heavy atom. The van der Waals surface area contributed by atoms with Crippen molar-refractivity contribution in [3.63, 3.8) is 0 Å². The van der Waals surface area contributed by atoms with Gasteiger partial charge < -0.3 is 9.88 Å². The summed E-state index contributed by atoms with van der Waals surface area (Å²) in [5.41, 5.74) is 2.01. The van der Waals surface area contributed by atoms with Gasteiger partial charge in [-0.05, 0) is 37.1 Å². The molecule has 41 heavy (non-hydrogen) atoms. The molecule has 0 aliphatic heterocycles. The van der Waals surface area contributed by atoms with Crippen molar-refractivity contribution >= 4 is 57.3 Å². The average molecular weight is 613 g/mol. The predicted molar refractivity (Wildman–Crippen MR) is 159 cm³/mol. The van der Waals surface area contributed by atoms with Crippen molar-refractivity contribution in [1.82, 2.24) is 39.5 Å². The minimum Gasteiger partial charge on any atom is -0.325 e. The monoisotopic (exact) mass is 611 g/mol. The Balaban J connectivity index is 1.10. The topological polar surface area (TPSA) is 125 Å². The van der Waals surface area contributed by atoms with Crippen LogP contribution in [-0.2, 0) is 37.6 Å². The molecule has 3 heterocycles. The van der Waals surface area contributed by atoms with Gasteiger partial charge in [0.15, 0.2) is 5.16 Å². The Bertz CT molecular complexity index is 1770. The summed E-state index contributed by atoms with van der Waals surface area (Å²) in [6, 6.07) is 12.4. The third-order valence-electron chi connectivity index (χ3n) is 6.47. The molecule has 5 aromatic rings. The summed E-state index contributed by atoms with van der Waals surface area (Å²) in [5.74, 6) is 1.22. The molecule has 0 unspecified atom stereocenters. The predicted octanol–water partition coefficient (Wildman–Crippen LogP) is 4.65. The first-order valence-electron chi connectivity index (χ1n) is 12.9. The second-order valence-corrected chi connectivity index (χ2v) is 11.2. The van der Waals surface area contributed by atoms with Gasteiger partial charge >= 0.3 is 0 Å². The van der Waals surface area contributed by atoms with Crippen LogP contribution in [-0.4, -0.2) is 45.4 Å². The minimum atomic E-state index is -0.128. The van der Waals surface area contributed by atoms with Gasteiger partial charge in [-0.2, -0.15) is 5.10 Å². The van der Waals surface area contributed by atoms with E-state index < -0.39 is 0 Å². The number of aromatic nitrogens is 8. The highest BCUT2D eigenvalue weighted by atomic mass is 35.5. The normalized spacial score (nSPS) is 11.3. The first kappa shape index (κ1) is 28.8. The lowest BCUT2D eigenvalue weighted by Crippen LogP contribution is -2.21. The number of nitrogens with one attached hydrogen (secondary N) is 1. The lowest BCUT2D eigenvalue weighted by molar-refractivity contribution is -0.116. The summed E-state index contributed by atoms with van der Waals surface area (Å²) in [7, 11) is 3.56. The Labute approximate surface area is 249 Å². The maximum atomic E-state index is 12.4. The summed E-state index contributed by atoms with van der Waals surface area (Å²) in [6.07, 6.45) is 4.19. The molecule has 0 aliphatic carbocycles. The number of hydrogen-bond acceptors (Lipinski definition) is 8. The summed E-state index contributed by atoms with van der Waals surface area (Å²) in [6.45, 7) is 0.654. The fourth-order valence-corrected chi connectivity index (χ4v) is 5.56. The zero-order valence-electron chi connectivity index (χ0n) is 22.4. The number of hydrogen-bond donors (Lipinski definition) is 1. The molecular weight excluding hydrogens is 585 g/mol. The summed E-state index contributed by atoms with van der Waals surface area (Å²) < 4.78 is 5.07. The van der Waals surface area contributed by atoms with E-state index in [1.54, 1.807) is 29.9 Å². The van der Waals surface area contributed by atoms with Gasteiger partial charge in [0, 0.05) is 49.4 Å². The molecule has 1 amide bonds. The third kappa shape index (κ3) is 6.95. The van der Waals surface area contributed by atoms with Crippen molar-refractivity contribution in [2.45, 2.75) is 43.1 Å². The maximum Gasteiger partial charge on any atom is 0.274 e. The van der Waals surface area contributed by atoms with E-state index in [1.807, 2.05) is 42.1 Å².